The SMILES string of the molecule is CCCCCCCCCCCCCCCCCCCCCCCCCCCC(=O)N[C@@H](COP(=O)(O)OCCN)[C@H](O)CCCCCCCCCCCCC. The van der Waals surface area contributed by atoms with Crippen molar-refractivity contribution in [2.45, 2.75) is 270 Å². The molecule has 1 unspecified atom stereocenters. The number of phosphoric ester groups is 1. The Morgan fingerprint density at radius 3 is 1.16 bits per heavy atom. The molecule has 0 radical (unpaired) electrons. The number of hydrogen-bond donors (Lipinski definition) is 4. The van der Waals surface area contributed by atoms with Crippen molar-refractivity contribution >= 4 is 13.7 Å². The first-order valence-electron chi connectivity index (χ1n) is 24.2. The van der Waals surface area contributed by atoms with E-state index in [1.807, 2.05) is 0 Å². The summed E-state index contributed by atoms with van der Waals surface area (Å²) in [6.07, 6.45) is 47.0. The lowest BCUT2D eigenvalue weighted by Gasteiger charge is -2.25. The minimum Gasteiger partial charge on any atom is -0.391 e. The van der Waals surface area contributed by atoms with Gasteiger partial charge in [0.1, 0.15) is 0 Å². The fourth-order valence-electron chi connectivity index (χ4n) is 7.55. The molecule has 0 saturated carbocycles. The summed E-state index contributed by atoms with van der Waals surface area (Å²) in [6.45, 7) is 4.23. The highest BCUT2D eigenvalue weighted by Crippen LogP contribution is 2.43. The number of carbonyl (C=O) groups is 1. The largest absolute Gasteiger partial charge is 0.472 e. The molecule has 3 atom stereocenters. The number of aliphatic hydroxyl groups excluding tert-OH is 1. The zero-order valence-corrected chi connectivity index (χ0v) is 37.6. The molecule has 330 valence electrons. The van der Waals surface area contributed by atoms with E-state index in [-0.39, 0.29) is 25.7 Å². The zero-order chi connectivity index (χ0) is 40.3. The Hall–Kier alpha value is -0.500. The van der Waals surface area contributed by atoms with Crippen LogP contribution >= 0.6 is 7.82 Å². The fourth-order valence-corrected chi connectivity index (χ4v) is 8.31. The average Bonchev–Trinajstić information content (AvgIpc) is 3.17. The van der Waals surface area contributed by atoms with Crippen LogP contribution in [0.1, 0.15) is 258 Å². The topological polar surface area (TPSA) is 131 Å². The van der Waals surface area contributed by atoms with Gasteiger partial charge < -0.3 is 21.1 Å². The predicted molar refractivity (Wildman–Crippen MR) is 236 cm³/mol. The van der Waals surface area contributed by atoms with Crippen LogP contribution in [0.5, 0.6) is 0 Å². The van der Waals surface area contributed by atoms with Gasteiger partial charge in [-0.1, -0.05) is 239 Å². The Bertz CT molecular complexity index is 834. The number of phosphoric acid groups is 1. The standard InChI is InChI=1S/C46H95N2O6P/c1-3-5-7-9-11-13-15-16-17-18-19-20-21-22-23-24-25-26-27-28-30-32-34-36-38-40-46(50)48-44(43-54-55(51,52)53-42-41-47)45(49)39-37-35-33-31-29-14-12-10-8-6-4-2/h44-45,49H,3-43,47H2,1-2H3,(H,48,50)(H,51,52)/t44-,45+/m0/s1. The minimum absolute atomic E-state index is 0.0924. The lowest BCUT2D eigenvalue weighted by Crippen LogP contribution is -2.46. The van der Waals surface area contributed by atoms with Crippen LogP contribution in [-0.4, -0.2) is 47.8 Å². The summed E-state index contributed by atoms with van der Waals surface area (Å²) in [5.41, 5.74) is 5.38. The number of carbonyl (C=O) groups excluding carboxylic acids is 1. The van der Waals surface area contributed by atoms with E-state index in [0.717, 1.165) is 38.5 Å². The van der Waals surface area contributed by atoms with E-state index in [4.69, 9.17) is 14.8 Å². The Morgan fingerprint density at radius 1 is 0.527 bits per heavy atom. The number of nitrogens with one attached hydrogen (secondary N) is 1. The maximum absolute atomic E-state index is 12.8. The molecule has 9 heteroatoms. The van der Waals surface area contributed by atoms with Crippen molar-refractivity contribution in [2.75, 3.05) is 19.8 Å². The van der Waals surface area contributed by atoms with Crippen molar-refractivity contribution in [2.24, 2.45) is 5.73 Å². The quantitative estimate of drug-likeness (QED) is 0.0356. The molecule has 5 N–H and O–H groups in total. The summed E-state index contributed by atoms with van der Waals surface area (Å²) < 4.78 is 22.2. The first-order chi connectivity index (χ1) is 26.9. The molecular weight excluding hydrogens is 707 g/mol. The normalized spacial score (nSPS) is 13.9. The number of hydrogen-bond acceptors (Lipinski definition) is 6. The molecule has 0 heterocycles. The minimum atomic E-state index is -4.31. The lowest BCUT2D eigenvalue weighted by atomic mass is 10.0. The van der Waals surface area contributed by atoms with Gasteiger partial charge in [-0.15, -0.1) is 0 Å². The van der Waals surface area contributed by atoms with E-state index >= 15 is 0 Å². The molecule has 0 aromatic heterocycles. The molecule has 0 bridgehead atoms. The van der Waals surface area contributed by atoms with Crippen LogP contribution in [0, 0.1) is 0 Å². The van der Waals surface area contributed by atoms with Gasteiger partial charge in [0.05, 0.1) is 25.4 Å². The molecule has 0 aliphatic rings. The smallest absolute Gasteiger partial charge is 0.391 e. The number of aliphatic hydroxyl groups is 1. The summed E-state index contributed by atoms with van der Waals surface area (Å²) in [4.78, 5) is 22.7. The Kier molecular flexibility index (Phi) is 42.7. The van der Waals surface area contributed by atoms with Crippen LogP contribution in [0.3, 0.4) is 0 Å². The fraction of sp³-hybridized carbons (Fsp3) is 0.978. The zero-order valence-electron chi connectivity index (χ0n) is 36.7. The molecular formula is C46H95N2O6P. The highest BCUT2D eigenvalue weighted by atomic mass is 31.2. The van der Waals surface area contributed by atoms with Crippen LogP contribution in [0.15, 0.2) is 0 Å². The summed E-state index contributed by atoms with van der Waals surface area (Å²) in [5, 5.41) is 13.8. The first kappa shape index (κ1) is 54.5. The van der Waals surface area contributed by atoms with Gasteiger partial charge in [0.15, 0.2) is 0 Å². The van der Waals surface area contributed by atoms with Gasteiger partial charge in [-0.05, 0) is 12.8 Å². The van der Waals surface area contributed by atoms with E-state index in [1.165, 1.54) is 193 Å². The number of rotatable bonds is 46. The van der Waals surface area contributed by atoms with Crippen LogP contribution in [0.4, 0.5) is 0 Å². The summed E-state index contributed by atoms with van der Waals surface area (Å²) in [7, 11) is -4.31. The molecule has 8 nitrogen and oxygen atoms in total. The number of amides is 1. The third-order valence-electron chi connectivity index (χ3n) is 11.2. The maximum Gasteiger partial charge on any atom is 0.472 e. The molecule has 0 aliphatic heterocycles. The second-order valence-electron chi connectivity index (χ2n) is 16.7. The third-order valence-corrected chi connectivity index (χ3v) is 12.2. The van der Waals surface area contributed by atoms with Crippen molar-refractivity contribution in [1.82, 2.24) is 5.32 Å². The van der Waals surface area contributed by atoms with Gasteiger partial charge >= 0.3 is 7.82 Å². The molecule has 0 aromatic rings. The van der Waals surface area contributed by atoms with Crippen LogP contribution in [0.2, 0.25) is 0 Å². The van der Waals surface area contributed by atoms with Crippen molar-refractivity contribution in [3.8, 4) is 0 Å². The van der Waals surface area contributed by atoms with Crippen molar-refractivity contribution in [1.29, 1.82) is 0 Å². The van der Waals surface area contributed by atoms with Crippen molar-refractivity contribution in [3.05, 3.63) is 0 Å². The Labute approximate surface area is 342 Å². The summed E-state index contributed by atoms with van der Waals surface area (Å²) in [5.74, 6) is -0.156. The molecule has 0 aliphatic carbocycles. The molecule has 0 aromatic carbocycles. The van der Waals surface area contributed by atoms with Gasteiger partial charge in [-0.2, -0.15) is 0 Å². The van der Waals surface area contributed by atoms with Crippen LogP contribution in [-0.2, 0) is 18.4 Å². The maximum atomic E-state index is 12.8. The summed E-state index contributed by atoms with van der Waals surface area (Å²) in [6, 6.07) is -0.767. The van der Waals surface area contributed by atoms with E-state index in [0.29, 0.717) is 12.8 Å². The number of nitrogens with two attached hydrogens (primary N) is 1. The molecule has 0 rings (SSSR count). The van der Waals surface area contributed by atoms with Gasteiger partial charge in [-0.3, -0.25) is 13.8 Å². The van der Waals surface area contributed by atoms with E-state index in [9.17, 15) is 19.4 Å². The van der Waals surface area contributed by atoms with Gasteiger partial charge in [0.2, 0.25) is 5.91 Å². The van der Waals surface area contributed by atoms with Crippen molar-refractivity contribution < 1.29 is 28.4 Å². The first-order valence-corrected chi connectivity index (χ1v) is 25.6. The molecule has 1 amide bonds. The third kappa shape index (κ3) is 41.5. The second-order valence-corrected chi connectivity index (χ2v) is 18.1. The highest BCUT2D eigenvalue weighted by Gasteiger charge is 2.27. The van der Waals surface area contributed by atoms with Crippen LogP contribution < -0.4 is 11.1 Å². The average molecular weight is 803 g/mol. The van der Waals surface area contributed by atoms with Gasteiger partial charge in [0, 0.05) is 13.0 Å². The molecule has 0 spiro atoms. The second kappa shape index (κ2) is 43.1. The molecule has 0 saturated heterocycles. The molecule has 0 fully saturated rings. The monoisotopic (exact) mass is 803 g/mol. The predicted octanol–water partition coefficient (Wildman–Crippen LogP) is 13.8. The van der Waals surface area contributed by atoms with Crippen molar-refractivity contribution in [3.63, 3.8) is 0 Å². The summed E-state index contributed by atoms with van der Waals surface area (Å²) >= 11 is 0. The molecule has 55 heavy (non-hydrogen) atoms. The van der Waals surface area contributed by atoms with Gasteiger partial charge in [0.25, 0.3) is 0 Å². The van der Waals surface area contributed by atoms with E-state index in [1.54, 1.807) is 0 Å². The van der Waals surface area contributed by atoms with Gasteiger partial charge in [-0.25, -0.2) is 4.57 Å². The Morgan fingerprint density at radius 2 is 0.836 bits per heavy atom. The van der Waals surface area contributed by atoms with Crippen LogP contribution in [0.25, 0.3) is 0 Å². The highest BCUT2D eigenvalue weighted by molar-refractivity contribution is 7.47. The van der Waals surface area contributed by atoms with E-state index in [2.05, 4.69) is 19.2 Å². The lowest BCUT2D eigenvalue weighted by molar-refractivity contribution is -0.123. The Balaban J connectivity index is 3.91. The van der Waals surface area contributed by atoms with E-state index < -0.39 is 20.0 Å². The number of unbranched alkanes of at least 4 members (excludes halogenated alkanes) is 34.